The van der Waals surface area contributed by atoms with E-state index < -0.39 is 33.5 Å². The number of carbonyl (C=O) groups excluding carboxylic acids is 4. The van der Waals surface area contributed by atoms with Crippen molar-refractivity contribution >= 4 is 33.9 Å². The SMILES string of the molecule is COC(=O)[C@H](CNC(=O)CCNC(=O)CCC1CCN(C(=O)OC(C)(C)C)CC1)NS(=O)(=O)c1ccccc1. The molecule has 0 aliphatic carbocycles. The van der Waals surface area contributed by atoms with E-state index in [2.05, 4.69) is 20.1 Å². The zero-order valence-electron chi connectivity index (χ0n) is 23.0. The summed E-state index contributed by atoms with van der Waals surface area (Å²) in [6, 6.07) is 6.20. The van der Waals surface area contributed by atoms with Gasteiger partial charge in [-0.25, -0.2) is 13.2 Å². The lowest BCUT2D eigenvalue weighted by molar-refractivity contribution is -0.142. The molecule has 1 fully saturated rings. The highest BCUT2D eigenvalue weighted by molar-refractivity contribution is 7.89. The molecule has 1 aliphatic rings. The number of methoxy groups -OCH3 is 1. The summed E-state index contributed by atoms with van der Waals surface area (Å²) in [5.74, 6) is -1.16. The van der Waals surface area contributed by atoms with Crippen LogP contribution in [0.15, 0.2) is 35.2 Å². The topological polar surface area (TPSA) is 160 Å². The van der Waals surface area contributed by atoms with Crippen LogP contribution >= 0.6 is 0 Å². The van der Waals surface area contributed by atoms with E-state index in [-0.39, 0.29) is 36.4 Å². The van der Waals surface area contributed by atoms with Gasteiger partial charge >= 0.3 is 12.1 Å². The van der Waals surface area contributed by atoms with Crippen molar-refractivity contribution in [2.75, 3.05) is 33.3 Å². The van der Waals surface area contributed by atoms with Crippen LogP contribution in [0.4, 0.5) is 4.79 Å². The highest BCUT2D eigenvalue weighted by Gasteiger charge is 2.28. The highest BCUT2D eigenvalue weighted by Crippen LogP contribution is 2.23. The average Bonchev–Trinajstić information content (AvgIpc) is 2.89. The Morgan fingerprint density at radius 3 is 2.21 bits per heavy atom. The van der Waals surface area contributed by atoms with E-state index in [1.54, 1.807) is 23.1 Å². The molecule has 1 saturated heterocycles. The summed E-state index contributed by atoms with van der Waals surface area (Å²) >= 11 is 0. The standard InChI is InChI=1S/C26H40N4O8S/c1-26(2,3)38-25(34)30-16-13-19(14-17-30)10-11-22(31)27-15-12-23(32)28-18-21(24(33)37-4)29-39(35,36)20-8-6-5-7-9-20/h5-9,19,21,29H,10-18H2,1-4H3,(H,27,31)(H,28,32)/t21-/m0/s1. The van der Waals surface area contributed by atoms with Gasteiger partial charge in [-0.3, -0.25) is 14.4 Å². The molecule has 12 nitrogen and oxygen atoms in total. The van der Waals surface area contributed by atoms with Crippen molar-refractivity contribution in [3.8, 4) is 0 Å². The predicted molar refractivity (Wildman–Crippen MR) is 143 cm³/mol. The van der Waals surface area contributed by atoms with Crippen molar-refractivity contribution in [1.29, 1.82) is 0 Å². The number of benzene rings is 1. The third kappa shape index (κ3) is 11.6. The summed E-state index contributed by atoms with van der Waals surface area (Å²) in [7, 11) is -2.89. The minimum Gasteiger partial charge on any atom is -0.468 e. The Balaban J connectivity index is 1.67. The van der Waals surface area contributed by atoms with Crippen LogP contribution in [0.1, 0.15) is 52.9 Å². The van der Waals surface area contributed by atoms with Gasteiger partial charge in [0.25, 0.3) is 0 Å². The maximum atomic E-state index is 12.5. The second-order valence-corrected chi connectivity index (χ2v) is 12.1. The molecular weight excluding hydrogens is 528 g/mol. The van der Waals surface area contributed by atoms with E-state index in [1.807, 2.05) is 20.8 Å². The molecule has 2 rings (SSSR count). The third-order valence-electron chi connectivity index (χ3n) is 6.06. The van der Waals surface area contributed by atoms with Gasteiger partial charge < -0.3 is 25.0 Å². The van der Waals surface area contributed by atoms with E-state index in [9.17, 15) is 27.6 Å². The Morgan fingerprint density at radius 2 is 1.62 bits per heavy atom. The molecule has 3 amide bonds. The third-order valence-corrected chi connectivity index (χ3v) is 7.55. The summed E-state index contributed by atoms with van der Waals surface area (Å²) in [5.41, 5.74) is -0.536. The molecule has 1 aromatic rings. The molecule has 1 heterocycles. The molecule has 1 aliphatic heterocycles. The smallest absolute Gasteiger partial charge is 0.410 e. The Labute approximate surface area is 230 Å². The van der Waals surface area contributed by atoms with Crippen molar-refractivity contribution in [1.82, 2.24) is 20.3 Å². The van der Waals surface area contributed by atoms with Gasteiger partial charge in [-0.1, -0.05) is 18.2 Å². The monoisotopic (exact) mass is 568 g/mol. The molecule has 0 unspecified atom stereocenters. The van der Waals surface area contributed by atoms with Crippen molar-refractivity contribution in [3.63, 3.8) is 0 Å². The number of ether oxygens (including phenoxy) is 2. The van der Waals surface area contributed by atoms with Gasteiger partial charge in [0, 0.05) is 39.0 Å². The number of nitrogens with one attached hydrogen (secondary N) is 3. The van der Waals surface area contributed by atoms with Crippen molar-refractivity contribution < 1.29 is 37.1 Å². The van der Waals surface area contributed by atoms with Crippen molar-refractivity contribution in [2.24, 2.45) is 5.92 Å². The van der Waals surface area contributed by atoms with Gasteiger partial charge in [-0.15, -0.1) is 0 Å². The molecule has 218 valence electrons. The van der Waals surface area contributed by atoms with Gasteiger partial charge in [-0.05, 0) is 58.1 Å². The fourth-order valence-corrected chi connectivity index (χ4v) is 5.15. The van der Waals surface area contributed by atoms with Crippen LogP contribution in [-0.2, 0) is 33.9 Å². The molecule has 0 aromatic heterocycles. The average molecular weight is 569 g/mol. The van der Waals surface area contributed by atoms with Crippen molar-refractivity contribution in [2.45, 2.75) is 69.4 Å². The van der Waals surface area contributed by atoms with Gasteiger partial charge in [0.15, 0.2) is 0 Å². The lowest BCUT2D eigenvalue weighted by atomic mass is 9.92. The number of hydrogen-bond donors (Lipinski definition) is 3. The van der Waals surface area contributed by atoms with Crippen LogP contribution in [0.25, 0.3) is 0 Å². The van der Waals surface area contributed by atoms with E-state index in [4.69, 9.17) is 4.74 Å². The molecule has 3 N–H and O–H groups in total. The minimum atomic E-state index is -4.01. The first-order valence-corrected chi connectivity index (χ1v) is 14.5. The van der Waals surface area contributed by atoms with Crippen LogP contribution in [-0.4, -0.2) is 82.1 Å². The Morgan fingerprint density at radius 1 is 1.00 bits per heavy atom. The molecule has 1 atom stereocenters. The number of sulfonamides is 1. The molecule has 0 radical (unpaired) electrons. The summed E-state index contributed by atoms with van der Waals surface area (Å²) in [5, 5.41) is 5.20. The first-order valence-electron chi connectivity index (χ1n) is 13.0. The Bertz CT molecular complexity index is 1080. The largest absolute Gasteiger partial charge is 0.468 e. The second kappa shape index (κ2) is 14.8. The van der Waals surface area contributed by atoms with Crippen LogP contribution in [0.5, 0.6) is 0 Å². The number of likely N-dealkylation sites (tertiary alicyclic amines) is 1. The number of carbonyl (C=O) groups is 4. The van der Waals surface area contributed by atoms with E-state index >= 15 is 0 Å². The molecule has 1 aromatic carbocycles. The summed E-state index contributed by atoms with van der Waals surface area (Å²) in [6.45, 7) is 6.46. The van der Waals surface area contributed by atoms with Gasteiger partial charge in [0.05, 0.1) is 12.0 Å². The molecular formula is C26H40N4O8S. The summed E-state index contributed by atoms with van der Waals surface area (Å²) < 4.78 is 37.3. The lowest BCUT2D eigenvalue weighted by Crippen LogP contribution is -2.49. The zero-order valence-corrected chi connectivity index (χ0v) is 23.8. The van der Waals surface area contributed by atoms with Gasteiger partial charge in [0.1, 0.15) is 11.6 Å². The normalized spacial score (nSPS) is 15.2. The fourth-order valence-electron chi connectivity index (χ4n) is 3.94. The molecule has 13 heteroatoms. The number of nitrogens with zero attached hydrogens (tertiary/aromatic N) is 1. The Hall–Kier alpha value is -3.19. The number of amides is 3. The van der Waals surface area contributed by atoms with Gasteiger partial charge in [0.2, 0.25) is 21.8 Å². The molecule has 39 heavy (non-hydrogen) atoms. The molecule has 0 spiro atoms. The van der Waals surface area contributed by atoms with Crippen LogP contribution < -0.4 is 15.4 Å². The summed E-state index contributed by atoms with van der Waals surface area (Å²) in [4.78, 5) is 50.3. The first kappa shape index (κ1) is 32.0. The zero-order chi connectivity index (χ0) is 29.1. The second-order valence-electron chi connectivity index (χ2n) is 10.4. The quantitative estimate of drug-likeness (QED) is 0.320. The fraction of sp³-hybridized carbons (Fsp3) is 0.615. The van der Waals surface area contributed by atoms with E-state index in [0.717, 1.165) is 20.0 Å². The first-order chi connectivity index (χ1) is 18.3. The summed E-state index contributed by atoms with van der Waals surface area (Å²) in [6.07, 6.45) is 2.23. The number of piperidine rings is 1. The lowest BCUT2D eigenvalue weighted by Gasteiger charge is -2.33. The predicted octanol–water partition coefficient (Wildman–Crippen LogP) is 1.56. The van der Waals surface area contributed by atoms with Crippen LogP contribution in [0, 0.1) is 5.92 Å². The maximum absolute atomic E-state index is 12.5. The van der Waals surface area contributed by atoms with E-state index in [1.165, 1.54) is 12.1 Å². The number of rotatable bonds is 12. The minimum absolute atomic E-state index is 0.0264. The van der Waals surface area contributed by atoms with Gasteiger partial charge in [-0.2, -0.15) is 4.72 Å². The van der Waals surface area contributed by atoms with Crippen LogP contribution in [0.3, 0.4) is 0 Å². The van der Waals surface area contributed by atoms with E-state index in [0.29, 0.717) is 31.8 Å². The number of esters is 1. The Kier molecular flexibility index (Phi) is 12.2. The molecule has 0 saturated carbocycles. The highest BCUT2D eigenvalue weighted by atomic mass is 32.2. The molecule has 0 bridgehead atoms. The maximum Gasteiger partial charge on any atom is 0.410 e. The van der Waals surface area contributed by atoms with Crippen molar-refractivity contribution in [3.05, 3.63) is 30.3 Å². The number of hydrogen-bond acceptors (Lipinski definition) is 8. The van der Waals surface area contributed by atoms with Crippen LogP contribution in [0.2, 0.25) is 0 Å².